The van der Waals surface area contributed by atoms with E-state index in [4.69, 9.17) is 0 Å². The fourth-order valence-electron chi connectivity index (χ4n) is 5.42. The molecule has 0 atom stereocenters. The fraction of sp³-hybridized carbons (Fsp3) is 0.462. The fourth-order valence-corrected chi connectivity index (χ4v) is 5.42. The molecule has 2 saturated carbocycles. The van der Waals surface area contributed by atoms with E-state index in [9.17, 15) is 18.0 Å². The molecule has 11 heteroatoms. The Morgan fingerprint density at radius 2 is 1.97 bits per heavy atom. The topological polar surface area (TPSA) is 100 Å². The van der Waals surface area contributed by atoms with Crippen LogP contribution in [0.3, 0.4) is 0 Å². The van der Waals surface area contributed by atoms with Crippen molar-refractivity contribution in [2.24, 2.45) is 5.92 Å². The van der Waals surface area contributed by atoms with Crippen molar-refractivity contribution in [1.82, 2.24) is 29.9 Å². The van der Waals surface area contributed by atoms with Crippen LogP contribution in [0.5, 0.6) is 0 Å². The average molecular weight is 512 g/mol. The van der Waals surface area contributed by atoms with Gasteiger partial charge in [0.15, 0.2) is 0 Å². The second-order valence-corrected chi connectivity index (χ2v) is 10.4. The molecule has 2 aliphatic carbocycles. The lowest BCUT2D eigenvalue weighted by Crippen LogP contribution is -2.42. The van der Waals surface area contributed by atoms with Crippen LogP contribution in [0.2, 0.25) is 0 Å². The Morgan fingerprint density at radius 1 is 1.16 bits per heavy atom. The highest BCUT2D eigenvalue weighted by molar-refractivity contribution is 6.02. The van der Waals surface area contributed by atoms with Crippen molar-refractivity contribution in [3.8, 4) is 11.1 Å². The van der Waals surface area contributed by atoms with Crippen molar-refractivity contribution >= 4 is 28.4 Å². The number of aromatic amines is 1. The van der Waals surface area contributed by atoms with Crippen LogP contribution in [0.25, 0.3) is 27.7 Å². The molecule has 194 valence electrons. The second-order valence-electron chi connectivity index (χ2n) is 10.4. The Labute approximate surface area is 211 Å². The van der Waals surface area contributed by atoms with Gasteiger partial charge in [-0.1, -0.05) is 19.3 Å². The van der Waals surface area contributed by atoms with Gasteiger partial charge in [0.1, 0.15) is 11.3 Å². The number of aromatic nitrogens is 5. The van der Waals surface area contributed by atoms with Crippen LogP contribution < -0.4 is 10.6 Å². The first kappa shape index (κ1) is 23.7. The van der Waals surface area contributed by atoms with E-state index >= 15 is 0 Å². The molecule has 0 aromatic carbocycles. The van der Waals surface area contributed by atoms with Gasteiger partial charge in [0.25, 0.3) is 5.91 Å². The van der Waals surface area contributed by atoms with E-state index in [2.05, 4.69) is 30.7 Å². The lowest BCUT2D eigenvalue weighted by atomic mass is 9.81. The van der Waals surface area contributed by atoms with E-state index in [1.807, 2.05) is 18.3 Å². The Bertz CT molecular complexity index is 1450. The van der Waals surface area contributed by atoms with Crippen molar-refractivity contribution in [2.75, 3.05) is 18.4 Å². The average Bonchev–Trinajstić information content (AvgIpc) is 3.49. The lowest BCUT2D eigenvalue weighted by Gasteiger charge is -2.34. The highest BCUT2D eigenvalue weighted by atomic mass is 19.3. The number of hydrogen-bond acceptors (Lipinski definition) is 5. The largest absolute Gasteiger partial charge is 0.352 e. The molecule has 4 heterocycles. The highest BCUT2D eigenvalue weighted by Crippen LogP contribution is 2.42. The highest BCUT2D eigenvalue weighted by Gasteiger charge is 2.45. The molecule has 4 aromatic rings. The minimum atomic E-state index is -2.61. The molecule has 6 rings (SSSR count). The monoisotopic (exact) mass is 511 g/mol. The molecule has 8 nitrogen and oxygen atoms in total. The van der Waals surface area contributed by atoms with Crippen molar-refractivity contribution < 1.29 is 18.0 Å². The van der Waals surface area contributed by atoms with Crippen molar-refractivity contribution in [2.45, 2.75) is 56.5 Å². The molecule has 0 unspecified atom stereocenters. The minimum Gasteiger partial charge on any atom is -0.352 e. The van der Waals surface area contributed by atoms with Crippen molar-refractivity contribution in [3.63, 3.8) is 0 Å². The first-order valence-electron chi connectivity index (χ1n) is 12.7. The normalized spacial score (nSPS) is 19.1. The number of nitrogens with zero attached hydrogens (tertiary/aromatic N) is 4. The van der Waals surface area contributed by atoms with Crippen LogP contribution in [0.15, 0.2) is 36.9 Å². The summed E-state index contributed by atoms with van der Waals surface area (Å²) in [6.07, 6.45) is 10.4. The molecule has 0 bridgehead atoms. The number of halogens is 3. The van der Waals surface area contributed by atoms with Gasteiger partial charge in [-0.2, -0.15) is 10.1 Å². The smallest absolute Gasteiger partial charge is 0.255 e. The van der Waals surface area contributed by atoms with E-state index < -0.39 is 11.6 Å². The number of hydrogen-bond donors (Lipinski definition) is 3. The molecule has 0 aliphatic heterocycles. The zero-order chi connectivity index (χ0) is 25.6. The first-order valence-corrected chi connectivity index (χ1v) is 12.7. The molecule has 4 aromatic heterocycles. The summed E-state index contributed by atoms with van der Waals surface area (Å²) in [6.45, 7) is 0.406. The maximum atomic E-state index is 14.9. The molecule has 3 N–H and O–H groups in total. The zero-order valence-electron chi connectivity index (χ0n) is 20.2. The van der Waals surface area contributed by atoms with E-state index in [0.29, 0.717) is 35.5 Å². The predicted octanol–water partition coefficient (Wildman–Crippen LogP) is 5.13. The van der Waals surface area contributed by atoms with Crippen LogP contribution in [0.4, 0.5) is 19.1 Å². The zero-order valence-corrected chi connectivity index (χ0v) is 20.2. The minimum absolute atomic E-state index is 0.192. The van der Waals surface area contributed by atoms with Gasteiger partial charge in [0, 0.05) is 48.9 Å². The van der Waals surface area contributed by atoms with Gasteiger partial charge < -0.3 is 15.6 Å². The third-order valence-electron chi connectivity index (χ3n) is 7.55. The van der Waals surface area contributed by atoms with E-state index in [1.54, 1.807) is 16.9 Å². The molecular weight excluding hydrogens is 483 g/mol. The van der Waals surface area contributed by atoms with Gasteiger partial charge >= 0.3 is 0 Å². The van der Waals surface area contributed by atoms with Gasteiger partial charge in [-0.25, -0.2) is 22.7 Å². The van der Waals surface area contributed by atoms with Gasteiger partial charge in [-0.05, 0) is 36.5 Å². The number of carbonyl (C=O) groups is 1. The number of pyridine rings is 1. The Kier molecular flexibility index (Phi) is 5.80. The van der Waals surface area contributed by atoms with Crippen LogP contribution >= 0.6 is 0 Å². The summed E-state index contributed by atoms with van der Waals surface area (Å²) in [5.74, 6) is -2.79. The Morgan fingerprint density at radius 3 is 2.76 bits per heavy atom. The van der Waals surface area contributed by atoms with Crippen molar-refractivity contribution in [3.05, 3.63) is 42.5 Å². The molecule has 0 spiro atoms. The number of anilines is 1. The molecule has 2 aliphatic rings. The number of nitrogens with one attached hydrogen (secondary N) is 3. The number of alkyl halides is 3. The van der Waals surface area contributed by atoms with Gasteiger partial charge in [0.2, 0.25) is 11.9 Å². The lowest BCUT2D eigenvalue weighted by molar-refractivity contribution is -0.108. The number of carbonyl (C=O) groups excluding carboxylic acids is 1. The number of rotatable bonds is 7. The number of amides is 1. The van der Waals surface area contributed by atoms with Gasteiger partial charge in [0.05, 0.1) is 23.8 Å². The summed E-state index contributed by atoms with van der Waals surface area (Å²) in [5, 5.41) is 10.9. The summed E-state index contributed by atoms with van der Waals surface area (Å²) in [5.41, 5.74) is 2.06. The van der Waals surface area contributed by atoms with Crippen molar-refractivity contribution in [1.29, 1.82) is 0 Å². The summed E-state index contributed by atoms with van der Waals surface area (Å²) in [7, 11) is 0. The molecule has 0 radical (unpaired) electrons. The van der Waals surface area contributed by atoms with Crippen LogP contribution in [-0.2, 0) is 0 Å². The summed E-state index contributed by atoms with van der Waals surface area (Å²) in [4.78, 5) is 24.8. The molecular formula is C26H28F3N7O. The number of fused-ring (bicyclic) bond motifs is 2. The Balaban J connectivity index is 1.19. The molecule has 37 heavy (non-hydrogen) atoms. The predicted molar refractivity (Wildman–Crippen MR) is 133 cm³/mol. The van der Waals surface area contributed by atoms with E-state index in [1.165, 1.54) is 6.20 Å². The third kappa shape index (κ3) is 4.74. The summed E-state index contributed by atoms with van der Waals surface area (Å²) >= 11 is 0. The van der Waals surface area contributed by atoms with E-state index in [-0.39, 0.29) is 37.8 Å². The van der Waals surface area contributed by atoms with Crippen LogP contribution in [0, 0.1) is 5.92 Å². The third-order valence-corrected chi connectivity index (χ3v) is 7.55. The first-order chi connectivity index (χ1) is 17.8. The van der Waals surface area contributed by atoms with Crippen LogP contribution in [0.1, 0.15) is 55.3 Å². The molecule has 0 saturated heterocycles. The van der Waals surface area contributed by atoms with Crippen LogP contribution in [-0.4, -0.2) is 55.2 Å². The SMILES string of the molecule is O=C(NCC1CC(F)(F)C1)c1cnn2ccc(-c3c[nH]c4nc(NCC5(F)CCCCC5)ncc34)cc12. The summed E-state index contributed by atoms with van der Waals surface area (Å²) < 4.78 is 42.7. The Hall–Kier alpha value is -3.63. The van der Waals surface area contributed by atoms with E-state index in [0.717, 1.165) is 35.8 Å². The molecule has 1 amide bonds. The van der Waals surface area contributed by atoms with Gasteiger partial charge in [-0.15, -0.1) is 0 Å². The van der Waals surface area contributed by atoms with Gasteiger partial charge in [-0.3, -0.25) is 4.79 Å². The summed E-state index contributed by atoms with van der Waals surface area (Å²) in [6, 6.07) is 3.73. The maximum Gasteiger partial charge on any atom is 0.255 e. The second kappa shape index (κ2) is 9.04. The maximum absolute atomic E-state index is 14.9. The quantitative estimate of drug-likeness (QED) is 0.319. The molecule has 2 fully saturated rings. The number of H-pyrrole nitrogens is 1. The standard InChI is InChI=1S/C26H28F3N7O/c27-25(5-2-1-3-6-25)15-33-24-32-13-19-18(12-30-22(19)35-24)17-4-7-36-21(8-17)20(14-34-36)23(37)31-11-16-9-26(28,29)10-16/h4,7-8,12-14,16H,1-3,5-6,9-11,15H2,(H,31,37)(H2,30,32,33,35).